The average Bonchev–Trinajstić information content (AvgIpc) is 3.45. The molecule has 1 fully saturated rings. The van der Waals surface area contributed by atoms with Gasteiger partial charge in [-0.3, -0.25) is 9.59 Å². The van der Waals surface area contributed by atoms with Crippen molar-refractivity contribution in [3.8, 4) is 11.4 Å². The molecule has 3 N–H and O–H groups in total. The van der Waals surface area contributed by atoms with Crippen molar-refractivity contribution in [2.75, 3.05) is 18.8 Å². The molecule has 174 valence electrons. The van der Waals surface area contributed by atoms with E-state index in [0.29, 0.717) is 35.6 Å². The first-order chi connectivity index (χ1) is 16.5. The van der Waals surface area contributed by atoms with Crippen LogP contribution in [-0.2, 0) is 9.59 Å². The molecule has 4 aromatic rings. The highest BCUT2D eigenvalue weighted by atomic mass is 16.2. The third-order valence-electron chi connectivity index (χ3n) is 6.34. The van der Waals surface area contributed by atoms with Crippen LogP contribution in [-0.4, -0.2) is 54.4 Å². The normalized spacial score (nSPS) is 16.6. The smallest absolute Gasteiger partial charge is 0.223 e. The maximum atomic E-state index is 12.8. The lowest BCUT2D eigenvalue weighted by Gasteiger charge is -2.33. The van der Waals surface area contributed by atoms with Crippen LogP contribution in [0.15, 0.2) is 48.8 Å². The fraction of sp³-hybridized carbons (Fsp3) is 0.320. The summed E-state index contributed by atoms with van der Waals surface area (Å²) >= 11 is 0. The highest BCUT2D eigenvalue weighted by Gasteiger charge is 2.29. The molecule has 0 radical (unpaired) electrons. The first-order valence-electron chi connectivity index (χ1n) is 11.5. The van der Waals surface area contributed by atoms with Crippen LogP contribution >= 0.6 is 0 Å². The number of nitrogen functional groups attached to an aromatic ring is 1. The molecule has 1 amide bonds. The summed E-state index contributed by atoms with van der Waals surface area (Å²) in [4.78, 5) is 38.6. The summed E-state index contributed by atoms with van der Waals surface area (Å²) in [5, 5.41) is 6.72. The number of likely N-dealkylation sites (tertiary alicyclic amines) is 1. The van der Waals surface area contributed by atoms with Crippen molar-refractivity contribution in [3.63, 3.8) is 0 Å². The van der Waals surface area contributed by atoms with Crippen LogP contribution in [0.4, 0.5) is 5.82 Å². The summed E-state index contributed by atoms with van der Waals surface area (Å²) in [5.74, 6) is 0.331. The summed E-state index contributed by atoms with van der Waals surface area (Å²) in [6, 6.07) is 10.0. The molecular formula is C25H27N7O2. The van der Waals surface area contributed by atoms with Gasteiger partial charge in [0, 0.05) is 36.8 Å². The summed E-state index contributed by atoms with van der Waals surface area (Å²) in [6.07, 6.45) is 6.82. The van der Waals surface area contributed by atoms with Gasteiger partial charge in [-0.2, -0.15) is 5.10 Å². The van der Waals surface area contributed by atoms with Crippen LogP contribution in [0.2, 0.25) is 0 Å². The molecular weight excluding hydrogens is 430 g/mol. The van der Waals surface area contributed by atoms with Crippen molar-refractivity contribution in [2.24, 2.45) is 0 Å². The number of rotatable bonds is 6. The van der Waals surface area contributed by atoms with Crippen LogP contribution in [0.25, 0.3) is 33.3 Å². The lowest BCUT2D eigenvalue weighted by atomic mass is 10.0. The van der Waals surface area contributed by atoms with E-state index in [1.165, 1.54) is 12.4 Å². The SMILES string of the molecule is CC=CC(=O)CCC(=O)N1CCCC(n2nc(-c3cc4ccccc4[nH]3)c3c(N)ncnc32)C1. The number of H-pyrrole nitrogens is 1. The van der Waals surface area contributed by atoms with Crippen molar-refractivity contribution < 1.29 is 9.59 Å². The number of hydrogen-bond acceptors (Lipinski definition) is 6. The highest BCUT2D eigenvalue weighted by Crippen LogP contribution is 2.34. The van der Waals surface area contributed by atoms with Crippen LogP contribution in [0.5, 0.6) is 0 Å². The zero-order valence-electron chi connectivity index (χ0n) is 19.1. The first kappa shape index (κ1) is 21.8. The number of nitrogens with two attached hydrogens (primary N) is 1. The van der Waals surface area contributed by atoms with Gasteiger partial charge in [0.2, 0.25) is 5.91 Å². The molecule has 0 aliphatic carbocycles. The van der Waals surface area contributed by atoms with Gasteiger partial charge in [0.15, 0.2) is 11.4 Å². The number of piperidine rings is 1. The second-order valence-corrected chi connectivity index (χ2v) is 8.62. The third kappa shape index (κ3) is 4.05. The minimum Gasteiger partial charge on any atom is -0.383 e. The Balaban J connectivity index is 1.46. The number of amides is 1. The minimum absolute atomic E-state index is 0.0102. The molecule has 1 aromatic carbocycles. The molecule has 0 spiro atoms. The Hall–Kier alpha value is -4.01. The molecule has 3 aromatic heterocycles. The van der Waals surface area contributed by atoms with E-state index < -0.39 is 0 Å². The van der Waals surface area contributed by atoms with Gasteiger partial charge >= 0.3 is 0 Å². The number of hydrogen-bond donors (Lipinski definition) is 2. The number of carbonyl (C=O) groups is 2. The van der Waals surface area contributed by atoms with Gasteiger partial charge in [-0.15, -0.1) is 0 Å². The number of benzene rings is 1. The van der Waals surface area contributed by atoms with Crippen molar-refractivity contribution in [1.29, 1.82) is 0 Å². The van der Waals surface area contributed by atoms with E-state index in [-0.39, 0.29) is 30.6 Å². The Morgan fingerprint density at radius 2 is 2.09 bits per heavy atom. The molecule has 0 bridgehead atoms. The maximum Gasteiger partial charge on any atom is 0.223 e. The highest BCUT2D eigenvalue weighted by molar-refractivity contribution is 6.00. The summed E-state index contributed by atoms with van der Waals surface area (Å²) in [6.45, 7) is 2.99. The summed E-state index contributed by atoms with van der Waals surface area (Å²) in [7, 11) is 0. The molecule has 4 heterocycles. The maximum absolute atomic E-state index is 12.8. The quantitative estimate of drug-likeness (QED) is 0.426. The molecule has 1 unspecified atom stereocenters. The van der Waals surface area contributed by atoms with Crippen LogP contribution in [0.3, 0.4) is 0 Å². The van der Waals surface area contributed by atoms with Gasteiger partial charge in [0.1, 0.15) is 17.8 Å². The standard InChI is InChI=1S/C25H27N7O2/c1-2-6-18(33)10-11-21(34)31-12-5-8-17(14-31)32-25-22(24(26)27-15-28-25)23(30-32)20-13-16-7-3-4-9-19(16)29-20/h2-4,6-7,9,13,15,17,29H,5,8,10-12,14H2,1H3,(H2,26,27,28). The Bertz CT molecular complexity index is 1370. The molecule has 9 heteroatoms. The predicted molar refractivity (Wildman–Crippen MR) is 131 cm³/mol. The van der Waals surface area contributed by atoms with E-state index in [1.807, 2.05) is 39.9 Å². The number of allylic oxidation sites excluding steroid dienone is 2. The number of nitrogens with one attached hydrogen (secondary N) is 1. The van der Waals surface area contributed by atoms with E-state index in [9.17, 15) is 9.59 Å². The molecule has 1 aliphatic rings. The first-order valence-corrected chi connectivity index (χ1v) is 11.5. The molecule has 1 aliphatic heterocycles. The summed E-state index contributed by atoms with van der Waals surface area (Å²) in [5.41, 5.74) is 9.49. The van der Waals surface area contributed by atoms with E-state index in [0.717, 1.165) is 29.4 Å². The molecule has 1 saturated heterocycles. The third-order valence-corrected chi connectivity index (χ3v) is 6.34. The number of carbonyl (C=O) groups excluding carboxylic acids is 2. The average molecular weight is 458 g/mol. The van der Waals surface area contributed by atoms with E-state index in [1.54, 1.807) is 13.0 Å². The van der Waals surface area contributed by atoms with Crippen molar-refractivity contribution in [1.82, 2.24) is 29.6 Å². The number of ketones is 1. The zero-order chi connectivity index (χ0) is 23.7. The van der Waals surface area contributed by atoms with Crippen LogP contribution in [0.1, 0.15) is 38.6 Å². The predicted octanol–water partition coefficient (Wildman–Crippen LogP) is 3.65. The summed E-state index contributed by atoms with van der Waals surface area (Å²) < 4.78 is 1.89. The number of nitrogens with zero attached hydrogens (tertiary/aromatic N) is 5. The molecule has 1 atom stereocenters. The molecule has 34 heavy (non-hydrogen) atoms. The lowest BCUT2D eigenvalue weighted by Crippen LogP contribution is -2.41. The van der Waals surface area contributed by atoms with Gasteiger partial charge in [-0.1, -0.05) is 24.3 Å². The van der Waals surface area contributed by atoms with E-state index in [4.69, 9.17) is 10.8 Å². The second-order valence-electron chi connectivity index (χ2n) is 8.62. The molecule has 9 nitrogen and oxygen atoms in total. The monoisotopic (exact) mass is 457 g/mol. The lowest BCUT2D eigenvalue weighted by molar-refractivity contribution is -0.134. The number of para-hydroxylation sites is 1. The minimum atomic E-state index is -0.0427. The zero-order valence-corrected chi connectivity index (χ0v) is 19.1. The Labute approximate surface area is 196 Å². The number of fused-ring (bicyclic) bond motifs is 2. The van der Waals surface area contributed by atoms with E-state index in [2.05, 4.69) is 15.0 Å². The van der Waals surface area contributed by atoms with Gasteiger partial charge in [0.05, 0.1) is 17.1 Å². The van der Waals surface area contributed by atoms with Crippen LogP contribution in [0, 0.1) is 0 Å². The fourth-order valence-electron chi connectivity index (χ4n) is 4.68. The van der Waals surface area contributed by atoms with Gasteiger partial charge in [0.25, 0.3) is 0 Å². The molecule has 0 saturated carbocycles. The number of aromatic amines is 1. The Kier molecular flexibility index (Phi) is 5.83. The topological polar surface area (TPSA) is 123 Å². The largest absolute Gasteiger partial charge is 0.383 e. The molecule has 5 rings (SSSR count). The van der Waals surface area contributed by atoms with Crippen molar-refractivity contribution in [3.05, 3.63) is 48.8 Å². The number of aromatic nitrogens is 5. The van der Waals surface area contributed by atoms with Crippen LogP contribution < -0.4 is 5.73 Å². The van der Waals surface area contributed by atoms with Gasteiger partial charge in [-0.25, -0.2) is 14.6 Å². The van der Waals surface area contributed by atoms with Crippen molar-refractivity contribution in [2.45, 2.75) is 38.6 Å². The van der Waals surface area contributed by atoms with Gasteiger partial charge in [-0.05, 0) is 38.0 Å². The Morgan fingerprint density at radius 1 is 1.24 bits per heavy atom. The fourth-order valence-corrected chi connectivity index (χ4v) is 4.68. The second kappa shape index (κ2) is 9.09. The number of anilines is 1. The van der Waals surface area contributed by atoms with Crippen molar-refractivity contribution >= 4 is 39.4 Å². The van der Waals surface area contributed by atoms with E-state index >= 15 is 0 Å². The Morgan fingerprint density at radius 3 is 2.91 bits per heavy atom. The van der Waals surface area contributed by atoms with Gasteiger partial charge < -0.3 is 15.6 Å².